The van der Waals surface area contributed by atoms with E-state index < -0.39 is 0 Å². The Balaban J connectivity index is 0.00000306. The quantitative estimate of drug-likeness (QED) is 0.320. The Bertz CT molecular complexity index is 930. The second-order valence-corrected chi connectivity index (χ2v) is 8.58. The maximum atomic E-state index is 5.70. The van der Waals surface area contributed by atoms with E-state index in [-0.39, 0.29) is 29.4 Å². The molecule has 33 heavy (non-hydrogen) atoms. The topological polar surface area (TPSA) is 55.3 Å². The highest BCUT2D eigenvalue weighted by Gasteiger charge is 2.34. The van der Waals surface area contributed by atoms with Gasteiger partial charge in [0.05, 0.1) is 20.8 Å². The van der Waals surface area contributed by atoms with E-state index in [1.165, 1.54) is 16.7 Å². The predicted molar refractivity (Wildman–Crippen MR) is 143 cm³/mol. The molecule has 0 aromatic heterocycles. The fourth-order valence-electron chi connectivity index (χ4n) is 4.81. The van der Waals surface area contributed by atoms with Gasteiger partial charge in [-0.05, 0) is 55.0 Å². The number of methoxy groups -OCH3 is 2. The predicted octanol–water partition coefficient (Wildman–Crippen LogP) is 4.39. The van der Waals surface area contributed by atoms with E-state index in [1.807, 2.05) is 0 Å². The van der Waals surface area contributed by atoms with Crippen molar-refractivity contribution in [2.75, 3.05) is 47.1 Å². The van der Waals surface area contributed by atoms with Crippen molar-refractivity contribution in [1.82, 2.24) is 10.2 Å². The molecule has 180 valence electrons. The Morgan fingerprint density at radius 1 is 1.06 bits per heavy atom. The molecule has 1 saturated heterocycles. The van der Waals surface area contributed by atoms with Gasteiger partial charge in [-0.25, -0.2) is 0 Å². The first-order chi connectivity index (χ1) is 15.7. The molecule has 6 nitrogen and oxygen atoms in total. The number of guanidine groups is 1. The average molecular weight is 565 g/mol. The van der Waals surface area contributed by atoms with Gasteiger partial charge in [0.15, 0.2) is 17.5 Å². The molecule has 0 amide bonds. The summed E-state index contributed by atoms with van der Waals surface area (Å²) in [5.74, 6) is 2.56. The normalized spacial score (nSPS) is 17.5. The van der Waals surface area contributed by atoms with E-state index in [9.17, 15) is 0 Å². The summed E-state index contributed by atoms with van der Waals surface area (Å²) in [6.45, 7) is 7.05. The third-order valence-electron chi connectivity index (χ3n) is 6.72. The van der Waals surface area contributed by atoms with Crippen molar-refractivity contribution in [3.63, 3.8) is 0 Å². The number of hydrogen-bond donors (Lipinski definition) is 1. The lowest BCUT2D eigenvalue weighted by Crippen LogP contribution is -2.45. The fourth-order valence-corrected chi connectivity index (χ4v) is 4.81. The van der Waals surface area contributed by atoms with Gasteiger partial charge >= 0.3 is 0 Å². The van der Waals surface area contributed by atoms with Crippen LogP contribution in [0, 0.1) is 0 Å². The van der Waals surface area contributed by atoms with Crippen molar-refractivity contribution < 1.29 is 14.2 Å². The van der Waals surface area contributed by atoms with Crippen LogP contribution in [-0.2, 0) is 23.1 Å². The van der Waals surface area contributed by atoms with Gasteiger partial charge in [-0.3, -0.25) is 4.99 Å². The molecule has 0 bridgehead atoms. The highest BCUT2D eigenvalue weighted by atomic mass is 127. The lowest BCUT2D eigenvalue weighted by atomic mass is 9.74. The minimum absolute atomic E-state index is 0. The van der Waals surface area contributed by atoms with Crippen molar-refractivity contribution >= 4 is 29.9 Å². The molecule has 0 spiro atoms. The van der Waals surface area contributed by atoms with Crippen LogP contribution in [0.5, 0.6) is 11.5 Å². The molecule has 0 saturated carbocycles. The highest BCUT2D eigenvalue weighted by Crippen LogP contribution is 2.36. The van der Waals surface area contributed by atoms with Crippen LogP contribution in [0.2, 0.25) is 0 Å². The molecule has 1 N–H and O–H groups in total. The Hall–Kier alpha value is -2.00. The third kappa shape index (κ3) is 5.74. The summed E-state index contributed by atoms with van der Waals surface area (Å²) in [6, 6.07) is 15.0. The molecular formula is C26H36IN3O3. The van der Waals surface area contributed by atoms with Crippen molar-refractivity contribution in [1.29, 1.82) is 0 Å². The summed E-state index contributed by atoms with van der Waals surface area (Å²) < 4.78 is 16.7. The van der Waals surface area contributed by atoms with E-state index in [0.717, 1.165) is 76.1 Å². The van der Waals surface area contributed by atoms with Crippen LogP contribution in [0.25, 0.3) is 0 Å². The van der Waals surface area contributed by atoms with E-state index >= 15 is 0 Å². The molecular weight excluding hydrogens is 529 g/mol. The van der Waals surface area contributed by atoms with Crippen LogP contribution in [0.3, 0.4) is 0 Å². The monoisotopic (exact) mass is 565 g/mol. The SMILES string of the molecule is CCNC(=NCC1(c2ccccc2)CCOCC1)N1CCc2cc(OC)c(OC)cc2C1.I. The van der Waals surface area contributed by atoms with Gasteiger partial charge in [-0.15, -0.1) is 24.0 Å². The molecule has 0 unspecified atom stereocenters. The number of nitrogens with one attached hydrogen (secondary N) is 1. The zero-order valence-corrected chi connectivity index (χ0v) is 22.3. The number of aliphatic imine (C=N–C) groups is 1. The molecule has 0 radical (unpaired) electrons. The average Bonchev–Trinajstić information content (AvgIpc) is 2.86. The maximum Gasteiger partial charge on any atom is 0.194 e. The van der Waals surface area contributed by atoms with Crippen LogP contribution in [0.15, 0.2) is 47.5 Å². The van der Waals surface area contributed by atoms with Gasteiger partial charge in [0.2, 0.25) is 0 Å². The third-order valence-corrected chi connectivity index (χ3v) is 6.72. The molecule has 1 fully saturated rings. The highest BCUT2D eigenvalue weighted by molar-refractivity contribution is 14.0. The lowest BCUT2D eigenvalue weighted by Gasteiger charge is -2.38. The summed E-state index contributed by atoms with van der Waals surface area (Å²) in [4.78, 5) is 7.54. The second kappa shape index (κ2) is 11.9. The molecule has 0 aliphatic carbocycles. The summed E-state index contributed by atoms with van der Waals surface area (Å²) in [5.41, 5.74) is 3.98. The van der Waals surface area contributed by atoms with E-state index in [4.69, 9.17) is 19.2 Å². The molecule has 0 atom stereocenters. The van der Waals surface area contributed by atoms with E-state index in [2.05, 4.69) is 59.6 Å². The van der Waals surface area contributed by atoms with Crippen molar-refractivity contribution in [3.05, 3.63) is 59.2 Å². The summed E-state index contributed by atoms with van der Waals surface area (Å²) >= 11 is 0. The standard InChI is InChI=1S/C26H35N3O3.HI/c1-4-27-25(28-19-26(11-14-32-15-12-26)22-8-6-5-7-9-22)29-13-10-20-16-23(30-2)24(31-3)17-21(20)18-29;/h5-9,16-17H,4,10-15,18-19H2,1-3H3,(H,27,28);1H. The molecule has 4 rings (SSSR count). The van der Waals surface area contributed by atoms with E-state index in [0.29, 0.717) is 0 Å². The molecule has 7 heteroatoms. The van der Waals surface area contributed by atoms with Crippen LogP contribution in [0.4, 0.5) is 0 Å². The maximum absolute atomic E-state index is 5.70. The van der Waals surface area contributed by atoms with Crippen LogP contribution in [0.1, 0.15) is 36.5 Å². The smallest absolute Gasteiger partial charge is 0.194 e. The summed E-state index contributed by atoms with van der Waals surface area (Å²) in [6.07, 6.45) is 2.96. The lowest BCUT2D eigenvalue weighted by molar-refractivity contribution is 0.0530. The van der Waals surface area contributed by atoms with Gasteiger partial charge in [-0.2, -0.15) is 0 Å². The first kappa shape index (κ1) is 25.6. The van der Waals surface area contributed by atoms with Gasteiger partial charge in [0.1, 0.15) is 0 Å². The Morgan fingerprint density at radius 2 is 1.73 bits per heavy atom. The molecule has 2 aromatic rings. The van der Waals surface area contributed by atoms with E-state index in [1.54, 1.807) is 14.2 Å². The van der Waals surface area contributed by atoms with Gasteiger partial charge in [0, 0.05) is 38.3 Å². The summed E-state index contributed by atoms with van der Waals surface area (Å²) in [5, 5.41) is 3.53. The Labute approximate surface area is 214 Å². The zero-order valence-electron chi connectivity index (χ0n) is 19.9. The van der Waals surface area contributed by atoms with Crippen molar-refractivity contribution in [2.45, 2.75) is 38.1 Å². The number of hydrogen-bond acceptors (Lipinski definition) is 4. The number of halogens is 1. The minimum Gasteiger partial charge on any atom is -0.493 e. The Morgan fingerprint density at radius 3 is 2.36 bits per heavy atom. The Kier molecular flexibility index (Phi) is 9.26. The second-order valence-electron chi connectivity index (χ2n) is 8.58. The number of fused-ring (bicyclic) bond motifs is 1. The fraction of sp³-hybridized carbons (Fsp3) is 0.500. The van der Waals surface area contributed by atoms with Crippen molar-refractivity contribution in [2.24, 2.45) is 4.99 Å². The van der Waals surface area contributed by atoms with Crippen molar-refractivity contribution in [3.8, 4) is 11.5 Å². The number of nitrogens with zero attached hydrogens (tertiary/aromatic N) is 2. The van der Waals surface area contributed by atoms with Gasteiger partial charge < -0.3 is 24.4 Å². The van der Waals surface area contributed by atoms with Crippen LogP contribution < -0.4 is 14.8 Å². The zero-order chi connectivity index (χ0) is 22.4. The number of rotatable bonds is 6. The number of benzene rings is 2. The van der Waals surface area contributed by atoms with Crippen LogP contribution >= 0.6 is 24.0 Å². The first-order valence-corrected chi connectivity index (χ1v) is 11.6. The molecule has 2 aromatic carbocycles. The first-order valence-electron chi connectivity index (χ1n) is 11.6. The summed E-state index contributed by atoms with van der Waals surface area (Å²) in [7, 11) is 3.38. The van der Waals surface area contributed by atoms with Crippen LogP contribution in [-0.4, -0.2) is 57.9 Å². The molecule has 2 aliphatic heterocycles. The minimum atomic E-state index is 0. The largest absolute Gasteiger partial charge is 0.493 e. The van der Waals surface area contributed by atoms with Gasteiger partial charge in [-0.1, -0.05) is 30.3 Å². The molecule has 2 aliphatic rings. The van der Waals surface area contributed by atoms with Gasteiger partial charge in [0.25, 0.3) is 0 Å². The number of ether oxygens (including phenoxy) is 3. The molecule has 2 heterocycles.